The monoisotopic (exact) mass is 469 g/mol. The van der Waals surface area contributed by atoms with E-state index in [0.29, 0.717) is 19.7 Å². The first-order valence-corrected chi connectivity index (χ1v) is 8.46. The third-order valence-corrected chi connectivity index (χ3v) is 3.83. The molecule has 0 spiro atoms. The molecule has 0 aliphatic rings. The van der Waals surface area contributed by atoms with E-state index in [9.17, 15) is 0 Å². The molecule has 0 aromatic heterocycles. The highest BCUT2D eigenvalue weighted by Gasteiger charge is 2.06. The molecule has 0 atom stereocenters. The molecule has 5 nitrogen and oxygen atoms in total. The SMILES string of the molecule is CCOc1ccccc1CNC(=NC)NCc1ccc(C)cc1OC.I. The Balaban J connectivity index is 0.00000338. The second-order valence-corrected chi connectivity index (χ2v) is 5.64. The average Bonchev–Trinajstić information content (AvgIpc) is 2.64. The van der Waals surface area contributed by atoms with Crippen LogP contribution in [0.3, 0.4) is 0 Å². The Morgan fingerprint density at radius 2 is 1.65 bits per heavy atom. The molecule has 0 fully saturated rings. The van der Waals surface area contributed by atoms with Crippen LogP contribution in [0.5, 0.6) is 11.5 Å². The largest absolute Gasteiger partial charge is 0.496 e. The normalized spacial score (nSPS) is 10.7. The number of rotatable bonds is 7. The number of aryl methyl sites for hydroxylation is 1. The molecular weight excluding hydrogens is 441 g/mol. The van der Waals surface area contributed by atoms with Crippen molar-refractivity contribution in [3.63, 3.8) is 0 Å². The third-order valence-electron chi connectivity index (χ3n) is 3.83. The van der Waals surface area contributed by atoms with Crippen molar-refractivity contribution in [3.05, 3.63) is 59.2 Å². The Labute approximate surface area is 173 Å². The molecule has 2 aromatic rings. The highest BCUT2D eigenvalue weighted by atomic mass is 127. The standard InChI is InChI=1S/C20H27N3O2.HI/c1-5-25-18-9-7-6-8-16(18)13-22-20(21-3)23-14-17-11-10-15(2)12-19(17)24-4;/h6-12H,5,13-14H2,1-4H3,(H2,21,22,23);1H. The van der Waals surface area contributed by atoms with Gasteiger partial charge in [-0.25, -0.2) is 0 Å². The van der Waals surface area contributed by atoms with Crippen LogP contribution in [0.15, 0.2) is 47.5 Å². The highest BCUT2D eigenvalue weighted by molar-refractivity contribution is 14.0. The van der Waals surface area contributed by atoms with Crippen LogP contribution in [-0.2, 0) is 13.1 Å². The molecule has 0 heterocycles. The zero-order chi connectivity index (χ0) is 18.1. The van der Waals surface area contributed by atoms with Gasteiger partial charge >= 0.3 is 0 Å². The summed E-state index contributed by atoms with van der Waals surface area (Å²) in [5, 5.41) is 6.64. The Kier molecular flexibility index (Phi) is 9.87. The first kappa shape index (κ1) is 22.1. The summed E-state index contributed by atoms with van der Waals surface area (Å²) in [4.78, 5) is 4.28. The molecule has 2 aromatic carbocycles. The maximum Gasteiger partial charge on any atom is 0.191 e. The predicted octanol–water partition coefficient (Wildman–Crippen LogP) is 3.89. The number of ether oxygens (including phenoxy) is 2. The number of para-hydroxylation sites is 1. The number of guanidine groups is 1. The fourth-order valence-corrected chi connectivity index (χ4v) is 2.52. The van der Waals surface area contributed by atoms with E-state index in [4.69, 9.17) is 9.47 Å². The minimum Gasteiger partial charge on any atom is -0.496 e. The van der Waals surface area contributed by atoms with E-state index >= 15 is 0 Å². The molecule has 0 aliphatic heterocycles. The zero-order valence-electron chi connectivity index (χ0n) is 15.8. The summed E-state index contributed by atoms with van der Waals surface area (Å²) in [5.41, 5.74) is 3.36. The van der Waals surface area contributed by atoms with Crippen molar-refractivity contribution < 1.29 is 9.47 Å². The second-order valence-electron chi connectivity index (χ2n) is 5.64. The van der Waals surface area contributed by atoms with Gasteiger partial charge in [0.15, 0.2) is 5.96 Å². The first-order chi connectivity index (χ1) is 12.2. The van der Waals surface area contributed by atoms with Crippen LogP contribution in [0.4, 0.5) is 0 Å². The van der Waals surface area contributed by atoms with Crippen LogP contribution < -0.4 is 20.1 Å². The quantitative estimate of drug-likeness (QED) is 0.367. The lowest BCUT2D eigenvalue weighted by molar-refractivity contribution is 0.336. The van der Waals surface area contributed by atoms with Crippen molar-refractivity contribution in [1.29, 1.82) is 0 Å². The third kappa shape index (κ3) is 6.40. The van der Waals surface area contributed by atoms with Crippen molar-refractivity contribution in [2.45, 2.75) is 26.9 Å². The van der Waals surface area contributed by atoms with E-state index in [1.807, 2.05) is 37.3 Å². The fourth-order valence-electron chi connectivity index (χ4n) is 2.52. The molecule has 0 radical (unpaired) electrons. The lowest BCUT2D eigenvalue weighted by atomic mass is 10.1. The number of aliphatic imine (C=N–C) groups is 1. The van der Waals surface area contributed by atoms with E-state index in [1.165, 1.54) is 5.56 Å². The molecule has 0 saturated carbocycles. The molecule has 0 bridgehead atoms. The van der Waals surface area contributed by atoms with Crippen molar-refractivity contribution in [2.75, 3.05) is 20.8 Å². The molecule has 0 aliphatic carbocycles. The molecular formula is C20H28IN3O2. The van der Waals surface area contributed by atoms with Gasteiger partial charge in [-0.15, -0.1) is 24.0 Å². The summed E-state index contributed by atoms with van der Waals surface area (Å²) in [7, 11) is 3.45. The summed E-state index contributed by atoms with van der Waals surface area (Å²) in [6, 6.07) is 14.2. The van der Waals surface area contributed by atoms with Crippen molar-refractivity contribution in [1.82, 2.24) is 10.6 Å². The maximum atomic E-state index is 5.66. The Bertz CT molecular complexity index is 720. The highest BCUT2D eigenvalue weighted by Crippen LogP contribution is 2.20. The lowest BCUT2D eigenvalue weighted by Gasteiger charge is -2.15. The van der Waals surface area contributed by atoms with Gasteiger partial charge < -0.3 is 20.1 Å². The van der Waals surface area contributed by atoms with Crippen LogP contribution in [0.2, 0.25) is 0 Å². The molecule has 6 heteroatoms. The zero-order valence-corrected chi connectivity index (χ0v) is 18.2. The number of benzene rings is 2. The Hall–Kier alpha value is -1.96. The summed E-state index contributed by atoms with van der Waals surface area (Å²) in [6.45, 7) is 5.96. The first-order valence-electron chi connectivity index (χ1n) is 8.46. The van der Waals surface area contributed by atoms with Crippen LogP contribution in [0.1, 0.15) is 23.6 Å². The van der Waals surface area contributed by atoms with Crippen LogP contribution >= 0.6 is 24.0 Å². The number of nitrogens with zero attached hydrogens (tertiary/aromatic N) is 1. The number of methoxy groups -OCH3 is 1. The van der Waals surface area contributed by atoms with Gasteiger partial charge in [-0.2, -0.15) is 0 Å². The van der Waals surface area contributed by atoms with E-state index in [2.05, 4.69) is 34.7 Å². The topological polar surface area (TPSA) is 54.9 Å². The number of hydrogen-bond acceptors (Lipinski definition) is 3. The van der Waals surface area contributed by atoms with Gasteiger partial charge in [-0.1, -0.05) is 30.3 Å². The van der Waals surface area contributed by atoms with Crippen LogP contribution in [0, 0.1) is 6.92 Å². The molecule has 0 unspecified atom stereocenters. The minimum absolute atomic E-state index is 0. The fraction of sp³-hybridized carbons (Fsp3) is 0.350. The van der Waals surface area contributed by atoms with Gasteiger partial charge in [0.1, 0.15) is 11.5 Å². The Morgan fingerprint density at radius 1 is 1.00 bits per heavy atom. The van der Waals surface area contributed by atoms with Crippen molar-refractivity contribution in [3.8, 4) is 11.5 Å². The maximum absolute atomic E-state index is 5.66. The molecule has 0 amide bonds. The van der Waals surface area contributed by atoms with E-state index in [-0.39, 0.29) is 24.0 Å². The van der Waals surface area contributed by atoms with E-state index in [0.717, 1.165) is 28.6 Å². The van der Waals surface area contributed by atoms with Gasteiger partial charge in [0.25, 0.3) is 0 Å². The minimum atomic E-state index is 0. The van der Waals surface area contributed by atoms with Gasteiger partial charge in [0.2, 0.25) is 0 Å². The van der Waals surface area contributed by atoms with Crippen molar-refractivity contribution in [2.24, 2.45) is 4.99 Å². The summed E-state index contributed by atoms with van der Waals surface area (Å²) >= 11 is 0. The van der Waals surface area contributed by atoms with Gasteiger partial charge in [-0.3, -0.25) is 4.99 Å². The van der Waals surface area contributed by atoms with Gasteiger partial charge in [0, 0.05) is 31.3 Å². The van der Waals surface area contributed by atoms with Crippen LogP contribution in [-0.4, -0.2) is 26.7 Å². The van der Waals surface area contributed by atoms with Crippen molar-refractivity contribution >= 4 is 29.9 Å². The number of hydrogen-bond donors (Lipinski definition) is 2. The molecule has 2 rings (SSSR count). The summed E-state index contributed by atoms with van der Waals surface area (Å²) < 4.78 is 11.1. The molecule has 26 heavy (non-hydrogen) atoms. The summed E-state index contributed by atoms with van der Waals surface area (Å²) in [5.74, 6) is 2.51. The van der Waals surface area contributed by atoms with E-state index in [1.54, 1.807) is 14.2 Å². The molecule has 142 valence electrons. The van der Waals surface area contributed by atoms with Crippen LogP contribution in [0.25, 0.3) is 0 Å². The van der Waals surface area contributed by atoms with E-state index < -0.39 is 0 Å². The predicted molar refractivity (Wildman–Crippen MR) is 118 cm³/mol. The summed E-state index contributed by atoms with van der Waals surface area (Å²) in [6.07, 6.45) is 0. The van der Waals surface area contributed by atoms with Gasteiger partial charge in [-0.05, 0) is 31.5 Å². The smallest absolute Gasteiger partial charge is 0.191 e. The van der Waals surface area contributed by atoms with Gasteiger partial charge in [0.05, 0.1) is 13.7 Å². The molecule has 0 saturated heterocycles. The Morgan fingerprint density at radius 3 is 2.27 bits per heavy atom. The lowest BCUT2D eigenvalue weighted by Crippen LogP contribution is -2.36. The number of nitrogens with one attached hydrogen (secondary N) is 2. The number of halogens is 1. The molecule has 2 N–H and O–H groups in total. The second kappa shape index (κ2) is 11.6. The average molecular weight is 469 g/mol.